The van der Waals surface area contributed by atoms with E-state index in [1.54, 1.807) is 21.3 Å². The van der Waals surface area contributed by atoms with Crippen LogP contribution in [-0.4, -0.2) is 46.2 Å². The molecule has 0 fully saturated rings. The van der Waals surface area contributed by atoms with Crippen LogP contribution in [0.1, 0.15) is 21.5 Å². The quantitative estimate of drug-likeness (QED) is 0.198. The number of alkyl halides is 3. The molecule has 0 aliphatic heterocycles. The highest BCUT2D eigenvalue weighted by Crippen LogP contribution is 2.29. The van der Waals surface area contributed by atoms with E-state index in [0.717, 1.165) is 29.8 Å². The zero-order valence-electron chi connectivity index (χ0n) is 17.9. The first-order valence-corrected chi connectivity index (χ1v) is 9.39. The van der Waals surface area contributed by atoms with Crippen molar-refractivity contribution in [2.75, 3.05) is 34.4 Å². The van der Waals surface area contributed by atoms with Crippen molar-refractivity contribution in [3.05, 3.63) is 59.2 Å². The predicted molar refractivity (Wildman–Crippen MR) is 127 cm³/mol. The van der Waals surface area contributed by atoms with Crippen molar-refractivity contribution in [2.45, 2.75) is 12.7 Å². The summed E-state index contributed by atoms with van der Waals surface area (Å²) in [6.45, 7) is 1.12. The van der Waals surface area contributed by atoms with Gasteiger partial charge < -0.3 is 25.4 Å². The maximum Gasteiger partial charge on any atom is 0.416 e. The molecule has 2 aromatic rings. The number of nitrogens with zero attached hydrogens (tertiary/aromatic N) is 1. The van der Waals surface area contributed by atoms with E-state index in [2.05, 4.69) is 20.9 Å². The topological polar surface area (TPSA) is 84.0 Å². The van der Waals surface area contributed by atoms with E-state index in [0.29, 0.717) is 30.5 Å². The number of benzene rings is 2. The van der Waals surface area contributed by atoms with Gasteiger partial charge in [-0.25, -0.2) is 0 Å². The molecule has 2 rings (SSSR count). The summed E-state index contributed by atoms with van der Waals surface area (Å²) in [6.07, 6.45) is -4.43. The molecule has 1 amide bonds. The number of carbonyl (C=O) groups is 1. The number of halogens is 4. The number of guanidine groups is 1. The van der Waals surface area contributed by atoms with Gasteiger partial charge in [0.1, 0.15) is 0 Å². The van der Waals surface area contributed by atoms with E-state index in [1.807, 2.05) is 18.2 Å². The Morgan fingerprint density at radius 3 is 2.12 bits per heavy atom. The molecule has 0 spiro atoms. The fraction of sp³-hybridized carbons (Fsp3) is 0.333. The molecule has 0 unspecified atom stereocenters. The molecule has 0 radical (unpaired) electrons. The predicted octanol–water partition coefficient (Wildman–Crippen LogP) is 3.44. The van der Waals surface area contributed by atoms with Crippen LogP contribution in [0.3, 0.4) is 0 Å². The fourth-order valence-electron chi connectivity index (χ4n) is 2.67. The van der Waals surface area contributed by atoms with Crippen LogP contribution in [0.4, 0.5) is 13.2 Å². The Labute approximate surface area is 201 Å². The van der Waals surface area contributed by atoms with Crippen molar-refractivity contribution in [1.29, 1.82) is 0 Å². The Morgan fingerprint density at radius 2 is 1.56 bits per heavy atom. The van der Waals surface area contributed by atoms with Crippen molar-refractivity contribution in [2.24, 2.45) is 4.99 Å². The Bertz CT molecular complexity index is 906. The van der Waals surface area contributed by atoms with Crippen molar-refractivity contribution in [3.63, 3.8) is 0 Å². The van der Waals surface area contributed by atoms with Gasteiger partial charge in [0.25, 0.3) is 5.91 Å². The number of methoxy groups -OCH3 is 2. The molecule has 0 saturated carbocycles. The van der Waals surface area contributed by atoms with E-state index in [4.69, 9.17) is 9.47 Å². The minimum atomic E-state index is -4.43. The van der Waals surface area contributed by atoms with Gasteiger partial charge in [0.05, 0.1) is 19.8 Å². The summed E-state index contributed by atoms with van der Waals surface area (Å²) in [5.74, 6) is 1.33. The molecule has 0 bridgehead atoms. The molecule has 32 heavy (non-hydrogen) atoms. The van der Waals surface area contributed by atoms with Crippen molar-refractivity contribution < 1.29 is 27.4 Å². The summed E-state index contributed by atoms with van der Waals surface area (Å²) >= 11 is 0. The van der Waals surface area contributed by atoms with E-state index < -0.39 is 17.6 Å². The summed E-state index contributed by atoms with van der Waals surface area (Å²) in [4.78, 5) is 16.2. The fourth-order valence-corrected chi connectivity index (χ4v) is 2.67. The number of hydrogen-bond donors (Lipinski definition) is 3. The lowest BCUT2D eigenvalue weighted by Gasteiger charge is -2.14. The van der Waals surface area contributed by atoms with Gasteiger partial charge in [0.15, 0.2) is 17.5 Å². The van der Waals surface area contributed by atoms with Crippen LogP contribution in [0.2, 0.25) is 0 Å². The number of hydrogen-bond acceptors (Lipinski definition) is 4. The number of carbonyl (C=O) groups excluding carboxylic acids is 1. The third-order valence-corrected chi connectivity index (χ3v) is 4.31. The SMILES string of the molecule is CN=C(NCCNC(=O)c1ccc(C(F)(F)F)cc1)NCc1ccc(OC)c(OC)c1.I. The minimum Gasteiger partial charge on any atom is -0.493 e. The number of ether oxygens (including phenoxy) is 2. The highest BCUT2D eigenvalue weighted by molar-refractivity contribution is 14.0. The molecule has 3 N–H and O–H groups in total. The van der Waals surface area contributed by atoms with Crippen LogP contribution < -0.4 is 25.4 Å². The van der Waals surface area contributed by atoms with Gasteiger partial charge in [-0.1, -0.05) is 6.07 Å². The second-order valence-corrected chi connectivity index (χ2v) is 6.37. The molecule has 2 aromatic carbocycles. The molecule has 11 heteroatoms. The zero-order chi connectivity index (χ0) is 22.9. The number of amides is 1. The van der Waals surface area contributed by atoms with Crippen LogP contribution in [0.15, 0.2) is 47.5 Å². The first-order chi connectivity index (χ1) is 14.8. The second kappa shape index (κ2) is 13.0. The Hall–Kier alpha value is -2.70. The molecular weight excluding hydrogens is 540 g/mol. The summed E-state index contributed by atoms with van der Waals surface area (Å²) < 4.78 is 48.2. The van der Waals surface area contributed by atoms with Gasteiger partial charge in [0.2, 0.25) is 0 Å². The monoisotopic (exact) mass is 566 g/mol. The van der Waals surface area contributed by atoms with Gasteiger partial charge in [-0.3, -0.25) is 9.79 Å². The number of aliphatic imine (C=N–C) groups is 1. The largest absolute Gasteiger partial charge is 0.493 e. The maximum atomic E-state index is 12.6. The number of rotatable bonds is 8. The molecule has 7 nitrogen and oxygen atoms in total. The molecule has 0 aliphatic rings. The van der Waals surface area contributed by atoms with Crippen molar-refractivity contribution in [1.82, 2.24) is 16.0 Å². The van der Waals surface area contributed by atoms with Crippen molar-refractivity contribution >= 4 is 35.8 Å². The van der Waals surface area contributed by atoms with Gasteiger partial charge in [-0.05, 0) is 42.0 Å². The molecule has 176 valence electrons. The molecule has 0 saturated heterocycles. The zero-order valence-corrected chi connectivity index (χ0v) is 20.2. The summed E-state index contributed by atoms with van der Waals surface area (Å²) in [5, 5.41) is 8.83. The Morgan fingerprint density at radius 1 is 0.938 bits per heavy atom. The standard InChI is InChI=1S/C21H25F3N4O3.HI/c1-25-20(28-13-14-4-9-17(30-2)18(12-14)31-3)27-11-10-26-19(29)15-5-7-16(8-6-15)21(22,23)24;/h4-9,12H,10-11,13H2,1-3H3,(H,26,29)(H2,25,27,28);1H. The normalized spacial score (nSPS) is 11.2. The first-order valence-electron chi connectivity index (χ1n) is 9.39. The maximum absolute atomic E-state index is 12.6. The molecular formula is C21H26F3IN4O3. The molecule has 0 aromatic heterocycles. The second-order valence-electron chi connectivity index (χ2n) is 6.37. The van der Waals surface area contributed by atoms with Crippen LogP contribution in [0.25, 0.3) is 0 Å². The lowest BCUT2D eigenvalue weighted by atomic mass is 10.1. The molecule has 0 atom stereocenters. The highest BCUT2D eigenvalue weighted by Gasteiger charge is 2.30. The lowest BCUT2D eigenvalue weighted by molar-refractivity contribution is -0.137. The van der Waals surface area contributed by atoms with Gasteiger partial charge in [-0.15, -0.1) is 24.0 Å². The number of nitrogens with one attached hydrogen (secondary N) is 3. The summed E-state index contributed by atoms with van der Waals surface area (Å²) in [6, 6.07) is 9.61. The third-order valence-electron chi connectivity index (χ3n) is 4.31. The van der Waals surface area contributed by atoms with Crippen LogP contribution in [0, 0.1) is 0 Å². The van der Waals surface area contributed by atoms with Crippen LogP contribution in [0.5, 0.6) is 11.5 Å². The Balaban J connectivity index is 0.00000512. The first kappa shape index (κ1) is 27.3. The lowest BCUT2D eigenvalue weighted by Crippen LogP contribution is -2.41. The van der Waals surface area contributed by atoms with E-state index in [-0.39, 0.29) is 36.1 Å². The smallest absolute Gasteiger partial charge is 0.416 e. The summed E-state index contributed by atoms with van der Waals surface area (Å²) in [5.41, 5.74) is 0.315. The highest BCUT2D eigenvalue weighted by atomic mass is 127. The summed E-state index contributed by atoms with van der Waals surface area (Å²) in [7, 11) is 4.75. The average molecular weight is 566 g/mol. The van der Waals surface area contributed by atoms with Crippen molar-refractivity contribution in [3.8, 4) is 11.5 Å². The van der Waals surface area contributed by atoms with E-state index >= 15 is 0 Å². The Kier molecular flexibility index (Phi) is 11.1. The van der Waals surface area contributed by atoms with Crippen LogP contribution >= 0.6 is 24.0 Å². The third kappa shape index (κ3) is 8.09. The molecule has 0 aliphatic carbocycles. The van der Waals surface area contributed by atoms with Crippen LogP contribution in [-0.2, 0) is 12.7 Å². The molecule has 0 heterocycles. The van der Waals surface area contributed by atoms with E-state index in [1.165, 1.54) is 0 Å². The minimum absolute atomic E-state index is 0. The van der Waals surface area contributed by atoms with E-state index in [9.17, 15) is 18.0 Å². The van der Waals surface area contributed by atoms with Gasteiger partial charge >= 0.3 is 6.18 Å². The van der Waals surface area contributed by atoms with Gasteiger partial charge in [-0.2, -0.15) is 13.2 Å². The average Bonchev–Trinajstić information content (AvgIpc) is 2.77. The van der Waals surface area contributed by atoms with Gasteiger partial charge in [0, 0.05) is 32.2 Å².